The minimum absolute atomic E-state index is 0. The summed E-state index contributed by atoms with van der Waals surface area (Å²) in [6.45, 7) is 7.25. The van der Waals surface area contributed by atoms with Gasteiger partial charge in [-0.25, -0.2) is 0 Å². The van der Waals surface area contributed by atoms with Gasteiger partial charge in [-0.3, -0.25) is 0 Å². The van der Waals surface area contributed by atoms with Gasteiger partial charge in [-0.1, -0.05) is 140 Å². The molecule has 0 N–H and O–H groups in total. The first-order valence-corrected chi connectivity index (χ1v) is 16.6. The molecule has 7 rings (SSSR count). The first-order chi connectivity index (χ1) is 19.6. The summed E-state index contributed by atoms with van der Waals surface area (Å²) in [7, 11) is -2.52. The van der Waals surface area contributed by atoms with Crippen LogP contribution in [0.2, 0.25) is 6.55 Å². The van der Waals surface area contributed by atoms with Gasteiger partial charge in [-0.05, 0) is 11.1 Å². The van der Waals surface area contributed by atoms with Gasteiger partial charge in [0.15, 0.2) is 0 Å². The molecule has 7 aromatic rings. The van der Waals surface area contributed by atoms with E-state index in [1.54, 1.807) is 0 Å². The molecule has 0 bridgehead atoms. The molecule has 210 valence electrons. The number of fused-ring (bicyclic) bond motifs is 2. The standard InChI is InChI=1S/C39H32Si.2CH3.Zr/c1-27-25-31-19-13-23-34(29-15-7-4-8-16-29)36(31)38(27)40(3,33-21-11-6-12-22-33)39-28(2)26-32-20-14-24-35(37(32)39)30-17-9-5-10-18-30;;;/h4-26H,1-3H3;2*1H3;/q-2;2*-1;+4. The third-order valence-electron chi connectivity index (χ3n) is 8.75. The summed E-state index contributed by atoms with van der Waals surface area (Å²) in [6.07, 6.45) is 0. The molecule has 0 aliphatic heterocycles. The van der Waals surface area contributed by atoms with Crippen molar-refractivity contribution in [1.82, 2.24) is 0 Å². The normalized spacial score (nSPS) is 11.0. The van der Waals surface area contributed by atoms with Crippen LogP contribution in [0.3, 0.4) is 0 Å². The van der Waals surface area contributed by atoms with Crippen LogP contribution in [0.5, 0.6) is 0 Å². The zero-order valence-electron chi connectivity index (χ0n) is 25.8. The Balaban J connectivity index is 0.00000141. The Hall–Kier alpha value is -3.58. The van der Waals surface area contributed by atoms with Crippen LogP contribution >= 0.6 is 0 Å². The zero-order chi connectivity index (χ0) is 27.3. The van der Waals surface area contributed by atoms with Crippen molar-refractivity contribution in [2.45, 2.75) is 20.4 Å². The average molecular weight is 650 g/mol. The molecular formula is C41H38SiZr. The van der Waals surface area contributed by atoms with Crippen LogP contribution < -0.4 is 15.6 Å². The fourth-order valence-corrected chi connectivity index (χ4v) is 12.1. The Morgan fingerprint density at radius 3 is 1.23 bits per heavy atom. The van der Waals surface area contributed by atoms with Crippen molar-refractivity contribution in [3.8, 4) is 22.3 Å². The maximum Gasteiger partial charge on any atom is 4.00 e. The molecule has 0 aliphatic carbocycles. The van der Waals surface area contributed by atoms with Crippen molar-refractivity contribution in [2.24, 2.45) is 0 Å². The van der Waals surface area contributed by atoms with Gasteiger partial charge in [0.05, 0.1) is 0 Å². The van der Waals surface area contributed by atoms with E-state index < -0.39 is 8.07 Å². The molecule has 0 spiro atoms. The molecule has 0 amide bonds. The maximum absolute atomic E-state index is 2.59. The van der Waals surface area contributed by atoms with Crippen LogP contribution in [0.25, 0.3) is 43.8 Å². The quantitative estimate of drug-likeness (QED) is 0.129. The van der Waals surface area contributed by atoms with Crippen LogP contribution in [0.15, 0.2) is 140 Å². The second kappa shape index (κ2) is 13.0. The van der Waals surface area contributed by atoms with Gasteiger partial charge in [0.2, 0.25) is 0 Å². The van der Waals surface area contributed by atoms with Crippen molar-refractivity contribution in [1.29, 1.82) is 0 Å². The molecule has 0 saturated heterocycles. The van der Waals surface area contributed by atoms with Gasteiger partial charge in [0, 0.05) is 8.07 Å². The molecule has 0 aliphatic rings. The zero-order valence-corrected chi connectivity index (χ0v) is 29.2. The molecule has 7 aromatic carbocycles. The van der Waals surface area contributed by atoms with Crippen LogP contribution in [-0.2, 0) is 26.2 Å². The fourth-order valence-electron chi connectivity index (χ4n) is 7.13. The molecular weight excluding hydrogens is 612 g/mol. The van der Waals surface area contributed by atoms with E-state index in [1.807, 2.05) is 0 Å². The Bertz CT molecular complexity index is 1840. The van der Waals surface area contributed by atoms with Crippen molar-refractivity contribution in [3.05, 3.63) is 166 Å². The fraction of sp³-hybridized carbons (Fsp3) is 0.0732. The summed E-state index contributed by atoms with van der Waals surface area (Å²) < 4.78 is 0. The van der Waals surface area contributed by atoms with E-state index in [0.717, 1.165) is 0 Å². The van der Waals surface area contributed by atoms with Gasteiger partial charge in [-0.2, -0.15) is 10.4 Å². The van der Waals surface area contributed by atoms with E-state index in [1.165, 1.54) is 70.5 Å². The number of aryl methyl sites for hydroxylation is 2. The number of benzene rings is 5. The van der Waals surface area contributed by atoms with Crippen LogP contribution in [0.1, 0.15) is 11.1 Å². The van der Waals surface area contributed by atoms with E-state index >= 15 is 0 Å². The number of hydrogen-bond donors (Lipinski definition) is 0. The summed E-state index contributed by atoms with van der Waals surface area (Å²) in [4.78, 5) is 0. The third kappa shape index (κ3) is 5.26. The predicted molar refractivity (Wildman–Crippen MR) is 189 cm³/mol. The van der Waals surface area contributed by atoms with Crippen LogP contribution in [-0.4, -0.2) is 8.07 Å². The molecule has 0 unspecified atom stereocenters. The van der Waals surface area contributed by atoms with Crippen molar-refractivity contribution in [3.63, 3.8) is 0 Å². The predicted octanol–water partition coefficient (Wildman–Crippen LogP) is 9.38. The van der Waals surface area contributed by atoms with Gasteiger partial charge in [-0.15, -0.1) is 69.1 Å². The van der Waals surface area contributed by atoms with Crippen molar-refractivity contribution in [2.75, 3.05) is 0 Å². The summed E-state index contributed by atoms with van der Waals surface area (Å²) in [5, 5.41) is 10.0. The molecule has 0 heterocycles. The Morgan fingerprint density at radius 2 is 0.837 bits per heavy atom. The summed E-state index contributed by atoms with van der Waals surface area (Å²) >= 11 is 0. The molecule has 0 fully saturated rings. The van der Waals surface area contributed by atoms with E-state index in [0.29, 0.717) is 0 Å². The van der Waals surface area contributed by atoms with Gasteiger partial charge in [0.25, 0.3) is 0 Å². The third-order valence-corrected chi connectivity index (χ3v) is 13.5. The second-order valence-corrected chi connectivity index (χ2v) is 15.0. The Morgan fingerprint density at radius 1 is 0.465 bits per heavy atom. The van der Waals surface area contributed by atoms with E-state index in [2.05, 4.69) is 160 Å². The molecule has 0 aromatic heterocycles. The van der Waals surface area contributed by atoms with Gasteiger partial charge < -0.3 is 14.9 Å². The molecule has 0 atom stereocenters. The number of hydrogen-bond acceptors (Lipinski definition) is 0. The SMILES string of the molecule is Cc1[cH-]c2cccc(-c3ccccc3)c2c1[Si](C)(c1ccccc1)c1c(C)[cH-]c2cccc(-c3ccccc3)c12.[CH3-].[CH3-].[Zr+4]. The van der Waals surface area contributed by atoms with Crippen molar-refractivity contribution < 1.29 is 26.2 Å². The second-order valence-electron chi connectivity index (χ2n) is 11.2. The first-order valence-electron chi connectivity index (χ1n) is 14.1. The minimum atomic E-state index is -2.52. The Labute approximate surface area is 277 Å². The molecule has 0 nitrogen and oxygen atoms in total. The van der Waals surface area contributed by atoms with Crippen molar-refractivity contribution >= 4 is 45.2 Å². The van der Waals surface area contributed by atoms with E-state index in [4.69, 9.17) is 0 Å². The maximum atomic E-state index is 2.59. The van der Waals surface area contributed by atoms with Gasteiger partial charge in [0.1, 0.15) is 0 Å². The minimum Gasteiger partial charge on any atom is -0.358 e. The summed E-state index contributed by atoms with van der Waals surface area (Å²) in [6, 6.07) is 51.6. The number of rotatable bonds is 5. The monoisotopic (exact) mass is 648 g/mol. The molecule has 0 saturated carbocycles. The largest absolute Gasteiger partial charge is 4.00 e. The molecule has 0 radical (unpaired) electrons. The Kier molecular flexibility index (Phi) is 9.75. The molecule has 2 heteroatoms. The topological polar surface area (TPSA) is 0 Å². The van der Waals surface area contributed by atoms with Crippen LogP contribution in [0.4, 0.5) is 0 Å². The summed E-state index contributed by atoms with van der Waals surface area (Å²) in [5.74, 6) is 0. The summed E-state index contributed by atoms with van der Waals surface area (Å²) in [5.41, 5.74) is 7.99. The van der Waals surface area contributed by atoms with E-state index in [9.17, 15) is 0 Å². The molecule has 43 heavy (non-hydrogen) atoms. The smallest absolute Gasteiger partial charge is 0.358 e. The van der Waals surface area contributed by atoms with Gasteiger partial charge >= 0.3 is 26.2 Å². The van der Waals surface area contributed by atoms with Crippen LogP contribution in [0, 0.1) is 28.7 Å². The first kappa shape index (κ1) is 32.3. The average Bonchev–Trinajstić information content (AvgIpc) is 3.54. The van der Waals surface area contributed by atoms with E-state index in [-0.39, 0.29) is 41.1 Å².